The van der Waals surface area contributed by atoms with Gasteiger partial charge in [0.05, 0.1) is 7.11 Å². The maximum atomic E-state index is 9.31. The first-order valence-electron chi connectivity index (χ1n) is 5.66. The summed E-state index contributed by atoms with van der Waals surface area (Å²) in [5, 5.41) is 18.6. The van der Waals surface area contributed by atoms with Gasteiger partial charge in [0, 0.05) is 11.3 Å². The Morgan fingerprint density at radius 2 is 1.65 bits per heavy atom. The lowest BCUT2D eigenvalue weighted by molar-refractivity contribution is 0.397. The number of hydrogen-bond acceptors (Lipinski definition) is 6. The molecule has 0 unspecified atom stereocenters. The van der Waals surface area contributed by atoms with Crippen LogP contribution >= 0.6 is 0 Å². The van der Waals surface area contributed by atoms with E-state index in [0.717, 1.165) is 0 Å². The summed E-state index contributed by atoms with van der Waals surface area (Å²) < 4.78 is 5.05. The molecule has 0 aliphatic heterocycles. The molecule has 20 heavy (non-hydrogen) atoms. The van der Waals surface area contributed by atoms with Crippen LogP contribution in [0.4, 0.5) is 11.5 Å². The molecule has 6 nitrogen and oxygen atoms in total. The number of aromatic nitrogens is 1. The summed E-state index contributed by atoms with van der Waals surface area (Å²) in [6.45, 7) is 0. The third kappa shape index (κ3) is 2.06. The molecule has 0 amide bonds. The van der Waals surface area contributed by atoms with Crippen molar-refractivity contribution in [1.29, 1.82) is 10.5 Å². The first-order chi connectivity index (χ1) is 9.62. The summed E-state index contributed by atoms with van der Waals surface area (Å²) in [7, 11) is 1.39. The molecule has 0 spiro atoms. The van der Waals surface area contributed by atoms with Crippen LogP contribution in [0.3, 0.4) is 0 Å². The van der Waals surface area contributed by atoms with E-state index in [2.05, 4.69) is 4.98 Å². The number of anilines is 2. The van der Waals surface area contributed by atoms with Gasteiger partial charge >= 0.3 is 0 Å². The van der Waals surface area contributed by atoms with Crippen LogP contribution in [-0.4, -0.2) is 12.1 Å². The maximum absolute atomic E-state index is 9.31. The highest BCUT2D eigenvalue weighted by Gasteiger charge is 2.20. The fourth-order valence-electron chi connectivity index (χ4n) is 1.88. The Morgan fingerprint density at radius 3 is 2.15 bits per heavy atom. The van der Waals surface area contributed by atoms with Crippen molar-refractivity contribution in [2.45, 2.75) is 0 Å². The Hall–Kier alpha value is -3.25. The van der Waals surface area contributed by atoms with Gasteiger partial charge in [0.1, 0.15) is 29.1 Å². The SMILES string of the molecule is COc1nc(N)c(C#N)c(-c2ccc(N)cc2)c1C#N. The third-order valence-corrected chi connectivity index (χ3v) is 2.81. The summed E-state index contributed by atoms with van der Waals surface area (Å²) in [5.74, 6) is 0.117. The fourth-order valence-corrected chi connectivity index (χ4v) is 1.88. The summed E-state index contributed by atoms with van der Waals surface area (Å²) in [4.78, 5) is 3.92. The molecule has 0 fully saturated rings. The summed E-state index contributed by atoms with van der Waals surface area (Å²) in [6, 6.07) is 10.8. The maximum Gasteiger partial charge on any atom is 0.234 e. The number of methoxy groups -OCH3 is 1. The molecule has 0 saturated carbocycles. The van der Waals surface area contributed by atoms with Gasteiger partial charge in [-0.05, 0) is 17.7 Å². The molecule has 1 aromatic heterocycles. The van der Waals surface area contributed by atoms with Gasteiger partial charge < -0.3 is 16.2 Å². The van der Waals surface area contributed by atoms with Crippen LogP contribution in [0.25, 0.3) is 11.1 Å². The highest BCUT2D eigenvalue weighted by Crippen LogP contribution is 2.34. The molecule has 1 aromatic carbocycles. The normalized spacial score (nSPS) is 9.55. The van der Waals surface area contributed by atoms with Crippen molar-refractivity contribution in [3.8, 4) is 29.1 Å². The van der Waals surface area contributed by atoms with Gasteiger partial charge in [-0.25, -0.2) is 0 Å². The van der Waals surface area contributed by atoms with Gasteiger partial charge in [-0.2, -0.15) is 15.5 Å². The average molecular weight is 265 g/mol. The Bertz CT molecular complexity index is 738. The first-order valence-corrected chi connectivity index (χ1v) is 5.66. The zero-order valence-electron chi connectivity index (χ0n) is 10.7. The van der Waals surface area contributed by atoms with Crippen LogP contribution in [0.15, 0.2) is 24.3 Å². The van der Waals surface area contributed by atoms with Gasteiger partial charge in [0.25, 0.3) is 0 Å². The van der Waals surface area contributed by atoms with Crippen LogP contribution in [0, 0.1) is 22.7 Å². The van der Waals surface area contributed by atoms with Crippen molar-refractivity contribution in [2.75, 3.05) is 18.6 Å². The van der Waals surface area contributed by atoms with Gasteiger partial charge in [0.2, 0.25) is 5.88 Å². The van der Waals surface area contributed by atoms with Crippen molar-refractivity contribution in [2.24, 2.45) is 0 Å². The van der Waals surface area contributed by atoms with Crippen LogP contribution < -0.4 is 16.2 Å². The predicted molar refractivity (Wildman–Crippen MR) is 74.5 cm³/mol. The van der Waals surface area contributed by atoms with Crippen molar-refractivity contribution in [3.63, 3.8) is 0 Å². The average Bonchev–Trinajstić information content (AvgIpc) is 2.46. The second-order valence-electron chi connectivity index (χ2n) is 3.98. The van der Waals surface area contributed by atoms with Crippen LogP contribution in [-0.2, 0) is 0 Å². The lowest BCUT2D eigenvalue weighted by Gasteiger charge is -2.12. The molecule has 0 aliphatic rings. The summed E-state index contributed by atoms with van der Waals surface area (Å²) >= 11 is 0. The van der Waals surface area contributed by atoms with E-state index in [-0.39, 0.29) is 22.8 Å². The van der Waals surface area contributed by atoms with E-state index in [1.54, 1.807) is 24.3 Å². The van der Waals surface area contributed by atoms with Crippen molar-refractivity contribution in [3.05, 3.63) is 35.4 Å². The van der Waals surface area contributed by atoms with E-state index in [1.165, 1.54) is 7.11 Å². The largest absolute Gasteiger partial charge is 0.480 e. The molecule has 0 atom stereocenters. The number of nitriles is 2. The second-order valence-corrected chi connectivity index (χ2v) is 3.98. The predicted octanol–water partition coefficient (Wildman–Crippen LogP) is 1.66. The second kappa shape index (κ2) is 5.17. The van der Waals surface area contributed by atoms with Gasteiger partial charge in [0.15, 0.2) is 0 Å². The minimum Gasteiger partial charge on any atom is -0.480 e. The number of hydrogen-bond donors (Lipinski definition) is 2. The van der Waals surface area contributed by atoms with Crippen LogP contribution in [0.2, 0.25) is 0 Å². The molecule has 0 aliphatic carbocycles. The van der Waals surface area contributed by atoms with E-state index in [9.17, 15) is 10.5 Å². The topological polar surface area (TPSA) is 122 Å². The molecule has 2 rings (SSSR count). The van der Waals surface area contributed by atoms with Gasteiger partial charge in [-0.1, -0.05) is 12.1 Å². The molecule has 1 heterocycles. The van der Waals surface area contributed by atoms with E-state index < -0.39 is 0 Å². The number of nitrogens with two attached hydrogens (primary N) is 2. The third-order valence-electron chi connectivity index (χ3n) is 2.81. The van der Waals surface area contributed by atoms with E-state index in [0.29, 0.717) is 16.8 Å². The number of nitrogens with zero attached hydrogens (tertiary/aromatic N) is 3. The molecular formula is C14H11N5O. The molecule has 0 radical (unpaired) electrons. The minimum atomic E-state index is 0.0233. The van der Waals surface area contributed by atoms with Gasteiger partial charge in [-0.3, -0.25) is 0 Å². The quantitative estimate of drug-likeness (QED) is 0.796. The Morgan fingerprint density at radius 1 is 1.05 bits per heavy atom. The monoisotopic (exact) mass is 265 g/mol. The highest BCUT2D eigenvalue weighted by atomic mass is 16.5. The zero-order chi connectivity index (χ0) is 14.7. The van der Waals surface area contributed by atoms with E-state index in [1.807, 2.05) is 12.1 Å². The molecule has 2 aromatic rings. The minimum absolute atomic E-state index is 0.0233. The molecule has 98 valence electrons. The lowest BCUT2D eigenvalue weighted by atomic mass is 9.96. The molecule has 0 bridgehead atoms. The Balaban J connectivity index is 2.85. The Labute approximate surface area is 115 Å². The van der Waals surface area contributed by atoms with Crippen molar-refractivity contribution in [1.82, 2.24) is 4.98 Å². The highest BCUT2D eigenvalue weighted by molar-refractivity contribution is 5.82. The lowest BCUT2D eigenvalue weighted by Crippen LogP contribution is -2.04. The van der Waals surface area contributed by atoms with Gasteiger partial charge in [-0.15, -0.1) is 0 Å². The standard InChI is InChI=1S/C14H11N5O/c1-20-14-11(7-16)12(10(6-15)13(18)19-14)8-2-4-9(17)5-3-8/h2-5H,17H2,1H3,(H2,18,19). The number of nitrogen functional groups attached to an aromatic ring is 2. The number of rotatable bonds is 2. The zero-order valence-corrected chi connectivity index (χ0v) is 10.7. The van der Waals surface area contributed by atoms with Crippen LogP contribution in [0.1, 0.15) is 11.1 Å². The number of ether oxygens (including phenoxy) is 1. The summed E-state index contributed by atoms with van der Waals surface area (Å²) in [5.41, 5.74) is 13.3. The Kier molecular flexibility index (Phi) is 3.41. The summed E-state index contributed by atoms with van der Waals surface area (Å²) in [6.07, 6.45) is 0. The first kappa shape index (κ1) is 13.2. The number of pyridine rings is 1. The molecule has 4 N–H and O–H groups in total. The molecular weight excluding hydrogens is 254 g/mol. The molecule has 0 saturated heterocycles. The van der Waals surface area contributed by atoms with E-state index >= 15 is 0 Å². The fraction of sp³-hybridized carbons (Fsp3) is 0.0714. The molecule has 6 heteroatoms. The van der Waals surface area contributed by atoms with E-state index in [4.69, 9.17) is 16.2 Å². The number of benzene rings is 1. The van der Waals surface area contributed by atoms with Crippen LogP contribution in [0.5, 0.6) is 5.88 Å². The smallest absolute Gasteiger partial charge is 0.234 e. The van der Waals surface area contributed by atoms with Crippen molar-refractivity contribution < 1.29 is 4.74 Å². The van der Waals surface area contributed by atoms with Crippen molar-refractivity contribution >= 4 is 11.5 Å².